The minimum atomic E-state index is -1.80. The zero-order valence-electron chi connectivity index (χ0n) is 14.4. The average molecular weight is 425 g/mol. The van der Waals surface area contributed by atoms with Crippen LogP contribution in [-0.4, -0.2) is 13.3 Å². The number of hydrogen-bond acceptors (Lipinski definition) is 1. The van der Waals surface area contributed by atoms with E-state index in [2.05, 4.69) is 45.0 Å². The van der Waals surface area contributed by atoms with Gasteiger partial charge in [-0.05, 0) is 19.3 Å². The molecule has 118 valence electrons. The molecule has 1 unspecified atom stereocenters. The third-order valence-corrected chi connectivity index (χ3v) is 6.39. The second-order valence-electron chi connectivity index (χ2n) is 6.37. The van der Waals surface area contributed by atoms with Crippen molar-refractivity contribution in [1.82, 2.24) is 0 Å². The van der Waals surface area contributed by atoms with E-state index in [1.807, 2.05) is 6.08 Å². The first-order valence-corrected chi connectivity index (χ1v) is 11.2. The molecule has 0 radical (unpaired) electrons. The van der Waals surface area contributed by atoms with Gasteiger partial charge in [-0.15, -0.1) is 18.4 Å². The third kappa shape index (κ3) is 11.8. The van der Waals surface area contributed by atoms with Crippen LogP contribution in [0.25, 0.3) is 0 Å². The van der Waals surface area contributed by atoms with Gasteiger partial charge in [0.25, 0.3) is 0 Å². The van der Waals surface area contributed by atoms with Crippen molar-refractivity contribution in [2.45, 2.75) is 83.2 Å². The van der Waals surface area contributed by atoms with Gasteiger partial charge in [-0.2, -0.15) is 0 Å². The SMILES string of the molecule is C=CCCCC([O-])(C#CCCCCCC)[Si](C)(C)C.[Br-].[Zn+2]. The summed E-state index contributed by atoms with van der Waals surface area (Å²) in [5.41, 5.74) is 0. The first-order valence-electron chi connectivity index (χ1n) is 7.68. The first kappa shape index (κ1) is 26.5. The number of allylic oxidation sites excluding steroid dienone is 1. The largest absolute Gasteiger partial charge is 2.00 e. The second kappa shape index (κ2) is 14.2. The van der Waals surface area contributed by atoms with Gasteiger partial charge in [0.15, 0.2) is 0 Å². The molecule has 0 spiro atoms. The maximum absolute atomic E-state index is 12.9. The number of halogens is 1. The Balaban J connectivity index is -0.00000162. The molecule has 0 aromatic heterocycles. The molecule has 0 fully saturated rings. The smallest absolute Gasteiger partial charge is 1.00 e. The van der Waals surface area contributed by atoms with E-state index in [4.69, 9.17) is 0 Å². The van der Waals surface area contributed by atoms with Gasteiger partial charge in [-0.25, -0.2) is 0 Å². The Labute approximate surface area is 156 Å². The summed E-state index contributed by atoms with van der Waals surface area (Å²) in [6.07, 6.45) is 10.2. The van der Waals surface area contributed by atoms with Gasteiger partial charge in [-0.3, -0.25) is 0 Å². The Kier molecular flexibility index (Phi) is 17.9. The average Bonchev–Trinajstić information content (AvgIpc) is 2.32. The summed E-state index contributed by atoms with van der Waals surface area (Å²) in [5.74, 6) is 6.26. The van der Waals surface area contributed by atoms with Crippen LogP contribution in [0.15, 0.2) is 12.7 Å². The molecule has 1 atom stereocenters. The number of rotatable bonds is 9. The molecule has 0 rings (SSSR count). The molecular formula is C17H31BrOSiZn. The number of unbranched alkanes of at least 4 members (excludes halogenated alkanes) is 5. The molecule has 4 heteroatoms. The van der Waals surface area contributed by atoms with Gasteiger partial charge >= 0.3 is 19.5 Å². The Morgan fingerprint density at radius 2 is 1.76 bits per heavy atom. The van der Waals surface area contributed by atoms with Crippen LogP contribution in [-0.2, 0) is 19.5 Å². The van der Waals surface area contributed by atoms with Gasteiger partial charge < -0.3 is 22.1 Å². The quantitative estimate of drug-likeness (QED) is 0.237. The molecule has 0 heterocycles. The zero-order valence-corrected chi connectivity index (χ0v) is 20.0. The predicted octanol–water partition coefficient (Wildman–Crippen LogP) is 1.29. The van der Waals surface area contributed by atoms with Crippen molar-refractivity contribution in [3.05, 3.63) is 12.7 Å². The van der Waals surface area contributed by atoms with Crippen molar-refractivity contribution in [1.29, 1.82) is 0 Å². The summed E-state index contributed by atoms with van der Waals surface area (Å²) in [4.78, 5) is 0. The fourth-order valence-electron chi connectivity index (χ4n) is 1.97. The van der Waals surface area contributed by atoms with Crippen LogP contribution < -0.4 is 22.1 Å². The van der Waals surface area contributed by atoms with Crippen LogP contribution in [0.2, 0.25) is 19.6 Å². The minimum Gasteiger partial charge on any atom is -1.00 e. The molecular weight excluding hydrogens is 394 g/mol. The molecule has 21 heavy (non-hydrogen) atoms. The molecule has 0 saturated heterocycles. The minimum absolute atomic E-state index is 0. The Morgan fingerprint density at radius 3 is 2.24 bits per heavy atom. The summed E-state index contributed by atoms with van der Waals surface area (Å²) in [6, 6.07) is 0. The van der Waals surface area contributed by atoms with E-state index in [9.17, 15) is 5.11 Å². The predicted molar refractivity (Wildman–Crippen MR) is 86.7 cm³/mol. The molecule has 1 nitrogen and oxygen atoms in total. The van der Waals surface area contributed by atoms with E-state index in [1.54, 1.807) is 0 Å². The summed E-state index contributed by atoms with van der Waals surface area (Å²) in [7, 11) is -1.80. The molecule has 0 aliphatic heterocycles. The fraction of sp³-hybridized carbons (Fsp3) is 0.765. The van der Waals surface area contributed by atoms with E-state index < -0.39 is 13.3 Å². The van der Waals surface area contributed by atoms with Crippen LogP contribution in [0.5, 0.6) is 0 Å². The Hall–Kier alpha value is 0.580. The van der Waals surface area contributed by atoms with Crippen LogP contribution >= 0.6 is 0 Å². The van der Waals surface area contributed by atoms with E-state index in [0.29, 0.717) is 6.42 Å². The standard InChI is InChI=1S/C17H31OSi.BrH.Zn/c1-6-8-10-11-12-14-16-17(18,19(3,4)5)15-13-9-7-2;;/h7H,2,6,8-13,15H2,1,3-5H3;1H;/q-1;;+2/p-1. The molecule has 0 amide bonds. The van der Waals surface area contributed by atoms with Crippen molar-refractivity contribution < 1.29 is 41.6 Å². The molecule has 0 aromatic carbocycles. The maximum atomic E-state index is 12.9. The van der Waals surface area contributed by atoms with E-state index in [1.165, 1.54) is 19.3 Å². The zero-order chi connectivity index (χ0) is 14.8. The van der Waals surface area contributed by atoms with Crippen molar-refractivity contribution in [3.8, 4) is 11.8 Å². The molecule has 0 aromatic rings. The van der Waals surface area contributed by atoms with Crippen molar-refractivity contribution >= 4 is 8.07 Å². The summed E-state index contributed by atoms with van der Waals surface area (Å²) < 4.78 is 0. The molecule has 0 bridgehead atoms. The van der Waals surface area contributed by atoms with Crippen molar-refractivity contribution in [2.24, 2.45) is 0 Å². The van der Waals surface area contributed by atoms with Gasteiger partial charge in [0.05, 0.1) is 0 Å². The van der Waals surface area contributed by atoms with E-state index in [0.717, 1.165) is 25.7 Å². The van der Waals surface area contributed by atoms with Crippen LogP contribution in [0, 0.1) is 11.8 Å². The summed E-state index contributed by atoms with van der Waals surface area (Å²) in [6.45, 7) is 12.3. The van der Waals surface area contributed by atoms with Gasteiger partial charge in [0, 0.05) is 14.5 Å². The van der Waals surface area contributed by atoms with E-state index >= 15 is 0 Å². The topological polar surface area (TPSA) is 23.1 Å². The molecule has 0 aliphatic rings. The Bertz CT molecular complexity index is 317. The monoisotopic (exact) mass is 422 g/mol. The van der Waals surface area contributed by atoms with Crippen LogP contribution in [0.3, 0.4) is 0 Å². The molecule has 0 aliphatic carbocycles. The normalized spacial score (nSPS) is 13.0. The van der Waals surface area contributed by atoms with Crippen LogP contribution in [0.1, 0.15) is 58.3 Å². The second-order valence-corrected chi connectivity index (χ2v) is 11.7. The first-order chi connectivity index (χ1) is 8.87. The van der Waals surface area contributed by atoms with Crippen LogP contribution in [0.4, 0.5) is 0 Å². The van der Waals surface area contributed by atoms with Crippen molar-refractivity contribution in [3.63, 3.8) is 0 Å². The number of hydrogen-bond donors (Lipinski definition) is 0. The van der Waals surface area contributed by atoms with Gasteiger partial charge in [-0.1, -0.05) is 63.5 Å². The molecule has 0 N–H and O–H groups in total. The fourth-order valence-corrected chi connectivity index (χ4v) is 3.36. The molecule has 0 saturated carbocycles. The van der Waals surface area contributed by atoms with E-state index in [-0.39, 0.29) is 36.5 Å². The third-order valence-electron chi connectivity index (χ3n) is 3.59. The van der Waals surface area contributed by atoms with Gasteiger partial charge in [0.1, 0.15) is 0 Å². The Morgan fingerprint density at radius 1 is 1.14 bits per heavy atom. The van der Waals surface area contributed by atoms with Gasteiger partial charge in [0.2, 0.25) is 0 Å². The van der Waals surface area contributed by atoms with Crippen molar-refractivity contribution in [2.75, 3.05) is 0 Å². The summed E-state index contributed by atoms with van der Waals surface area (Å²) >= 11 is 0. The summed E-state index contributed by atoms with van der Waals surface area (Å²) in [5, 5.41) is 12.0. The maximum Gasteiger partial charge on any atom is 2.00 e.